The topological polar surface area (TPSA) is 157 Å². The summed E-state index contributed by atoms with van der Waals surface area (Å²) >= 11 is 0. The Kier molecular flexibility index (Phi) is 12.4. The zero-order valence-electron chi connectivity index (χ0n) is 27.1. The van der Waals surface area contributed by atoms with E-state index in [4.69, 9.17) is 9.47 Å². The molecule has 244 valence electrons. The normalized spacial score (nSPS) is 31.5. The molecule has 3 N–H and O–H groups in total. The molecule has 0 bridgehead atoms. The average molecular weight is 615 g/mol. The number of cyclic esters (lactones) is 1. The number of Topliss-reactive ketones (excluding diaryl/α,β-unsaturated/α-hetero) is 1. The van der Waals surface area contributed by atoms with Crippen molar-refractivity contribution in [1.29, 1.82) is 0 Å². The van der Waals surface area contributed by atoms with Gasteiger partial charge in [-0.15, -0.1) is 15.0 Å². The molecule has 44 heavy (non-hydrogen) atoms. The third-order valence-corrected chi connectivity index (χ3v) is 9.23. The maximum absolute atomic E-state index is 13.3. The number of carbonyl (C=O) groups excluding carboxylic acids is 2. The van der Waals surface area contributed by atoms with Gasteiger partial charge in [0.05, 0.1) is 36.3 Å². The second kappa shape index (κ2) is 15.3. The fourth-order valence-electron chi connectivity index (χ4n) is 5.60. The summed E-state index contributed by atoms with van der Waals surface area (Å²) in [7, 11) is 0. The van der Waals surface area contributed by atoms with E-state index in [1.54, 1.807) is 40.7 Å². The Morgan fingerprint density at radius 2 is 1.82 bits per heavy atom. The van der Waals surface area contributed by atoms with Crippen LogP contribution in [0.5, 0.6) is 0 Å². The molecule has 1 aromatic heterocycles. The zero-order valence-corrected chi connectivity index (χ0v) is 27.1. The lowest BCUT2D eigenvalue weighted by molar-refractivity contribution is -0.155. The molecule has 1 fully saturated rings. The van der Waals surface area contributed by atoms with Gasteiger partial charge in [-0.25, -0.2) is 0 Å². The lowest BCUT2D eigenvalue weighted by Crippen LogP contribution is -2.46. The molecular weight excluding hydrogens is 564 g/mol. The first-order chi connectivity index (χ1) is 20.6. The summed E-state index contributed by atoms with van der Waals surface area (Å²) in [6.07, 6.45) is 0.344. The first-order valence-electron chi connectivity index (χ1n) is 15.5. The van der Waals surface area contributed by atoms with Crippen molar-refractivity contribution in [3.8, 4) is 0 Å². The van der Waals surface area contributed by atoms with Crippen LogP contribution < -0.4 is 0 Å². The van der Waals surface area contributed by atoms with Crippen molar-refractivity contribution in [2.24, 2.45) is 23.2 Å². The van der Waals surface area contributed by atoms with E-state index in [-0.39, 0.29) is 24.3 Å². The van der Waals surface area contributed by atoms with E-state index < -0.39 is 47.6 Å². The SMILES string of the molecule is C/C(=C\c1nnn(COCc2ccccc2)n1)[C@@H]1C[C@H](C)[C@](C)(O)CCC[C@H](C)[C@H](O)[C@@H](C)C(=O)C(C)(C)[C@@H](O)CC(=O)O1. The number of nitrogens with zero attached hydrogens (tertiary/aromatic N) is 4. The number of aliphatic hydroxyl groups excluding tert-OH is 2. The average Bonchev–Trinajstić information content (AvgIpc) is 3.42. The van der Waals surface area contributed by atoms with Crippen molar-refractivity contribution in [2.75, 3.05) is 0 Å². The van der Waals surface area contributed by atoms with E-state index in [2.05, 4.69) is 15.4 Å². The van der Waals surface area contributed by atoms with E-state index in [9.17, 15) is 24.9 Å². The van der Waals surface area contributed by atoms with Crippen molar-refractivity contribution in [3.05, 3.63) is 47.3 Å². The lowest BCUT2D eigenvalue weighted by Gasteiger charge is -2.36. The van der Waals surface area contributed by atoms with E-state index in [0.29, 0.717) is 43.7 Å². The second-order valence-electron chi connectivity index (χ2n) is 13.3. The third kappa shape index (κ3) is 9.50. The highest BCUT2D eigenvalue weighted by molar-refractivity contribution is 5.88. The summed E-state index contributed by atoms with van der Waals surface area (Å²) in [5, 5.41) is 45.7. The van der Waals surface area contributed by atoms with Crippen molar-refractivity contribution in [3.63, 3.8) is 0 Å². The quantitative estimate of drug-likeness (QED) is 0.405. The summed E-state index contributed by atoms with van der Waals surface area (Å²) in [5.41, 5.74) is -0.692. The molecule has 1 aromatic carbocycles. The largest absolute Gasteiger partial charge is 0.458 e. The number of carbonyl (C=O) groups is 2. The zero-order chi connectivity index (χ0) is 32.7. The standard InChI is InChI=1S/C33H50N4O7/c1-21-12-11-15-33(7,42)23(3)17-26(44-29(39)18-27(38)32(5,6)31(41)24(4)30(21)40)22(2)16-28-34-36-37(35-28)20-43-19-25-13-9-8-10-14-25/h8-10,13-14,16,21,23-24,26-27,30,38,40,42H,11-12,15,17-20H2,1-7H3/b22-16+/t21-,23-,24+,26-,27-,30-,33+/m0/s1. The van der Waals surface area contributed by atoms with Crippen molar-refractivity contribution in [2.45, 2.75) is 118 Å². The maximum Gasteiger partial charge on any atom is 0.309 e. The Balaban J connectivity index is 1.80. The van der Waals surface area contributed by atoms with E-state index in [1.165, 1.54) is 4.80 Å². The Morgan fingerprint density at radius 1 is 1.14 bits per heavy atom. The number of benzene rings is 1. The first kappa shape index (κ1) is 35.5. The van der Waals surface area contributed by atoms with E-state index in [0.717, 1.165) is 5.56 Å². The van der Waals surface area contributed by atoms with Crippen LogP contribution in [0.25, 0.3) is 6.08 Å². The molecule has 2 aromatic rings. The molecule has 7 atom stereocenters. The molecular formula is C33H50N4O7. The van der Waals surface area contributed by atoms with Gasteiger partial charge < -0.3 is 24.8 Å². The number of esters is 1. The monoisotopic (exact) mass is 614 g/mol. The van der Waals surface area contributed by atoms with Gasteiger partial charge in [0.1, 0.15) is 11.9 Å². The number of hydrogen-bond donors (Lipinski definition) is 3. The maximum atomic E-state index is 13.3. The summed E-state index contributed by atoms with van der Waals surface area (Å²) in [6, 6.07) is 9.74. The number of ketones is 1. The molecule has 1 saturated heterocycles. The molecule has 2 heterocycles. The van der Waals surface area contributed by atoms with E-state index in [1.807, 2.05) is 44.2 Å². The Morgan fingerprint density at radius 3 is 2.50 bits per heavy atom. The molecule has 11 nitrogen and oxygen atoms in total. The van der Waals surface area contributed by atoms with Crippen LogP contribution in [0.15, 0.2) is 35.9 Å². The number of ether oxygens (including phenoxy) is 2. The van der Waals surface area contributed by atoms with Gasteiger partial charge >= 0.3 is 5.97 Å². The number of rotatable bonds is 6. The molecule has 3 rings (SSSR count). The van der Waals surface area contributed by atoms with Crippen molar-refractivity contribution < 1.29 is 34.4 Å². The van der Waals surface area contributed by atoms with Gasteiger partial charge in [0, 0.05) is 5.92 Å². The van der Waals surface area contributed by atoms with Crippen LogP contribution >= 0.6 is 0 Å². The predicted molar refractivity (Wildman–Crippen MR) is 165 cm³/mol. The van der Waals surface area contributed by atoms with Crippen LogP contribution in [-0.4, -0.2) is 71.2 Å². The van der Waals surface area contributed by atoms with E-state index >= 15 is 0 Å². The molecule has 0 saturated carbocycles. The predicted octanol–water partition coefficient (Wildman–Crippen LogP) is 4.10. The van der Waals surface area contributed by atoms with Crippen molar-refractivity contribution in [1.82, 2.24) is 20.2 Å². The van der Waals surface area contributed by atoms with Gasteiger partial charge in [0.2, 0.25) is 0 Å². The third-order valence-electron chi connectivity index (χ3n) is 9.23. The smallest absolute Gasteiger partial charge is 0.309 e. The summed E-state index contributed by atoms with van der Waals surface area (Å²) in [4.78, 5) is 27.8. The Labute approximate surface area is 260 Å². The van der Waals surface area contributed by atoms with Crippen LogP contribution in [-0.2, 0) is 32.4 Å². The fraction of sp³-hybridized carbons (Fsp3) is 0.667. The van der Waals surface area contributed by atoms with Crippen molar-refractivity contribution >= 4 is 17.8 Å². The highest BCUT2D eigenvalue weighted by Crippen LogP contribution is 2.35. The molecule has 1 aliphatic rings. The number of hydrogen-bond acceptors (Lipinski definition) is 10. The minimum Gasteiger partial charge on any atom is -0.458 e. The van der Waals surface area contributed by atoms with Gasteiger partial charge in [0.25, 0.3) is 0 Å². The minimum atomic E-state index is -1.32. The molecule has 0 aliphatic carbocycles. The van der Waals surface area contributed by atoms with Gasteiger partial charge in [-0.3, -0.25) is 9.59 Å². The molecule has 1 aliphatic heterocycles. The minimum absolute atomic E-state index is 0.105. The molecule has 0 amide bonds. The first-order valence-corrected chi connectivity index (χ1v) is 15.5. The summed E-state index contributed by atoms with van der Waals surface area (Å²) < 4.78 is 11.6. The number of tetrazole rings is 1. The highest BCUT2D eigenvalue weighted by Gasteiger charge is 2.43. The van der Waals surface area contributed by atoms with Crippen LogP contribution in [0.4, 0.5) is 0 Å². The fourth-order valence-corrected chi connectivity index (χ4v) is 5.60. The molecule has 0 unspecified atom stereocenters. The van der Waals surface area contributed by atoms with Gasteiger partial charge in [-0.05, 0) is 67.4 Å². The van der Waals surface area contributed by atoms with Gasteiger partial charge in [0.15, 0.2) is 12.6 Å². The molecule has 11 heteroatoms. The lowest BCUT2D eigenvalue weighted by atomic mass is 9.72. The second-order valence-corrected chi connectivity index (χ2v) is 13.3. The van der Waals surface area contributed by atoms with Crippen LogP contribution in [0.3, 0.4) is 0 Å². The van der Waals surface area contributed by atoms with Crippen LogP contribution in [0, 0.1) is 23.2 Å². The Hall–Kier alpha value is -2.99. The highest BCUT2D eigenvalue weighted by atomic mass is 16.5. The van der Waals surface area contributed by atoms with Crippen LogP contribution in [0.2, 0.25) is 0 Å². The Bertz CT molecular complexity index is 1260. The summed E-state index contributed by atoms with van der Waals surface area (Å²) in [6.45, 7) is 12.7. The van der Waals surface area contributed by atoms with Gasteiger partial charge in [-0.2, -0.15) is 0 Å². The molecule has 0 radical (unpaired) electrons. The number of aromatic nitrogens is 4. The van der Waals surface area contributed by atoms with Crippen LogP contribution in [0.1, 0.15) is 92.0 Å². The molecule has 0 spiro atoms. The number of aliphatic hydroxyl groups is 3. The van der Waals surface area contributed by atoms with Gasteiger partial charge in [-0.1, -0.05) is 71.4 Å². The summed E-state index contributed by atoms with van der Waals surface area (Å²) in [5.74, 6) is -1.88.